The molecule has 0 spiro atoms. The number of amides is 1. The maximum atomic E-state index is 12.3. The molecule has 2 bridgehead atoms. The summed E-state index contributed by atoms with van der Waals surface area (Å²) in [5.41, 5.74) is 0. The molecule has 1 aromatic rings. The molecule has 1 aromatic heterocycles. The third kappa shape index (κ3) is 3.62. The quantitative estimate of drug-likeness (QED) is 0.615. The summed E-state index contributed by atoms with van der Waals surface area (Å²) in [6.45, 7) is 8.50. The highest BCUT2D eigenvalue weighted by Gasteiger charge is 2.42. The predicted molar refractivity (Wildman–Crippen MR) is 92.2 cm³/mol. The van der Waals surface area contributed by atoms with Crippen LogP contribution in [0.25, 0.3) is 0 Å². The van der Waals surface area contributed by atoms with Crippen LogP contribution in [0.15, 0.2) is 17.8 Å². The Morgan fingerprint density at radius 1 is 1.48 bits per heavy atom. The highest BCUT2D eigenvalue weighted by atomic mass is 32.2. The number of fused-ring (bicyclic) bond motifs is 2. The first-order valence-electron chi connectivity index (χ1n) is 8.51. The molecule has 5 nitrogen and oxygen atoms in total. The SMILES string of the molecule is C=CCn1c(C)nnc1SCC(=O)NC(C)C1CC2CCC1C2. The fraction of sp³-hybridized carbons (Fsp3) is 0.706. The van der Waals surface area contributed by atoms with Gasteiger partial charge in [0.25, 0.3) is 0 Å². The summed E-state index contributed by atoms with van der Waals surface area (Å²) in [7, 11) is 0. The fourth-order valence-electron chi connectivity index (χ4n) is 4.25. The summed E-state index contributed by atoms with van der Waals surface area (Å²) in [4.78, 5) is 12.3. The Morgan fingerprint density at radius 2 is 2.30 bits per heavy atom. The van der Waals surface area contributed by atoms with Crippen molar-refractivity contribution in [3.8, 4) is 0 Å². The summed E-state index contributed by atoms with van der Waals surface area (Å²) in [5, 5.41) is 12.2. The molecular weight excluding hydrogens is 308 g/mol. The first kappa shape index (κ1) is 16.6. The van der Waals surface area contributed by atoms with Crippen molar-refractivity contribution in [2.45, 2.75) is 57.3 Å². The molecule has 2 aliphatic carbocycles. The van der Waals surface area contributed by atoms with E-state index < -0.39 is 0 Å². The van der Waals surface area contributed by atoms with E-state index in [9.17, 15) is 4.79 Å². The second-order valence-corrected chi connectivity index (χ2v) is 7.86. The van der Waals surface area contributed by atoms with Gasteiger partial charge in [-0.05, 0) is 50.9 Å². The second-order valence-electron chi connectivity index (χ2n) is 6.91. The minimum absolute atomic E-state index is 0.0936. The number of thioether (sulfide) groups is 1. The van der Waals surface area contributed by atoms with Crippen molar-refractivity contribution in [2.24, 2.45) is 17.8 Å². The van der Waals surface area contributed by atoms with Gasteiger partial charge in [0.05, 0.1) is 5.75 Å². The zero-order valence-corrected chi connectivity index (χ0v) is 14.8. The van der Waals surface area contributed by atoms with Crippen molar-refractivity contribution in [1.82, 2.24) is 20.1 Å². The van der Waals surface area contributed by atoms with Crippen LogP contribution < -0.4 is 5.32 Å². The van der Waals surface area contributed by atoms with Gasteiger partial charge in [-0.15, -0.1) is 16.8 Å². The van der Waals surface area contributed by atoms with Crippen LogP contribution in [-0.2, 0) is 11.3 Å². The summed E-state index contributed by atoms with van der Waals surface area (Å²) in [6.07, 6.45) is 7.25. The number of hydrogen-bond acceptors (Lipinski definition) is 4. The molecule has 1 heterocycles. The highest BCUT2D eigenvalue weighted by Crippen LogP contribution is 2.49. The van der Waals surface area contributed by atoms with Crippen molar-refractivity contribution in [1.29, 1.82) is 0 Å². The topological polar surface area (TPSA) is 59.8 Å². The summed E-state index contributed by atoms with van der Waals surface area (Å²) in [6, 6.07) is 0.284. The number of nitrogens with one attached hydrogen (secondary N) is 1. The van der Waals surface area contributed by atoms with Gasteiger partial charge in [0, 0.05) is 12.6 Å². The van der Waals surface area contributed by atoms with Crippen LogP contribution in [-0.4, -0.2) is 32.5 Å². The Bertz CT molecular complexity index is 585. The fourth-order valence-corrected chi connectivity index (χ4v) is 5.05. The van der Waals surface area contributed by atoms with Crippen molar-refractivity contribution >= 4 is 17.7 Å². The van der Waals surface area contributed by atoms with Crippen LogP contribution >= 0.6 is 11.8 Å². The standard InChI is InChI=1S/C17H26N4OS/c1-4-7-21-12(3)19-20-17(21)23-10-16(22)18-11(2)15-9-13-5-6-14(15)8-13/h4,11,13-15H,1,5-10H2,2-3H3,(H,18,22). The minimum atomic E-state index is 0.0936. The number of aryl methyl sites for hydroxylation is 1. The third-order valence-electron chi connectivity index (χ3n) is 5.37. The number of allylic oxidation sites excluding steroid dienone is 1. The van der Waals surface area contributed by atoms with Gasteiger partial charge >= 0.3 is 0 Å². The van der Waals surface area contributed by atoms with Crippen molar-refractivity contribution in [3.63, 3.8) is 0 Å². The Hall–Kier alpha value is -1.30. The zero-order chi connectivity index (χ0) is 16.4. The van der Waals surface area contributed by atoms with Gasteiger partial charge in [0.1, 0.15) is 5.82 Å². The minimum Gasteiger partial charge on any atom is -0.353 e. The summed E-state index contributed by atoms with van der Waals surface area (Å²) in [5.74, 6) is 3.76. The van der Waals surface area contributed by atoms with Crippen molar-refractivity contribution in [3.05, 3.63) is 18.5 Å². The van der Waals surface area contributed by atoms with Gasteiger partial charge in [0.2, 0.25) is 5.91 Å². The largest absolute Gasteiger partial charge is 0.353 e. The van der Waals surface area contributed by atoms with E-state index in [0.717, 1.165) is 22.8 Å². The van der Waals surface area contributed by atoms with Gasteiger partial charge in [-0.3, -0.25) is 4.79 Å². The molecule has 2 fully saturated rings. The van der Waals surface area contributed by atoms with E-state index in [1.54, 1.807) is 0 Å². The molecule has 1 N–H and O–H groups in total. The normalized spacial score (nSPS) is 27.1. The van der Waals surface area contributed by atoms with E-state index in [1.807, 2.05) is 17.6 Å². The average molecular weight is 334 g/mol. The Kier molecular flexibility index (Phi) is 5.09. The van der Waals surface area contributed by atoms with Gasteiger partial charge < -0.3 is 9.88 Å². The van der Waals surface area contributed by atoms with Crippen LogP contribution in [0.2, 0.25) is 0 Å². The number of carbonyl (C=O) groups is 1. The van der Waals surface area contributed by atoms with Crippen molar-refractivity contribution < 1.29 is 4.79 Å². The molecule has 0 aromatic carbocycles. The Labute approximate surface area is 142 Å². The van der Waals surface area contributed by atoms with Gasteiger partial charge in [-0.1, -0.05) is 24.3 Å². The molecule has 3 rings (SSSR count). The molecule has 23 heavy (non-hydrogen) atoms. The molecule has 126 valence electrons. The van der Waals surface area contributed by atoms with Crippen LogP contribution in [0.1, 0.15) is 38.4 Å². The maximum Gasteiger partial charge on any atom is 0.230 e. The molecule has 4 atom stereocenters. The molecule has 1 amide bonds. The van der Waals surface area contributed by atoms with E-state index in [2.05, 4.69) is 29.0 Å². The van der Waals surface area contributed by atoms with E-state index in [-0.39, 0.29) is 11.9 Å². The van der Waals surface area contributed by atoms with E-state index in [4.69, 9.17) is 0 Å². The lowest BCUT2D eigenvalue weighted by atomic mass is 9.84. The molecule has 0 aliphatic heterocycles. The highest BCUT2D eigenvalue weighted by molar-refractivity contribution is 7.99. The lowest BCUT2D eigenvalue weighted by Gasteiger charge is -2.28. The number of hydrogen-bond donors (Lipinski definition) is 1. The molecular formula is C17H26N4OS. The van der Waals surface area contributed by atoms with E-state index >= 15 is 0 Å². The van der Waals surface area contributed by atoms with Gasteiger partial charge in [-0.25, -0.2) is 0 Å². The van der Waals surface area contributed by atoms with Gasteiger partial charge in [0.15, 0.2) is 5.16 Å². The number of aromatic nitrogens is 3. The van der Waals surface area contributed by atoms with E-state index in [0.29, 0.717) is 18.2 Å². The average Bonchev–Trinajstić information content (AvgIpc) is 3.23. The van der Waals surface area contributed by atoms with Gasteiger partial charge in [-0.2, -0.15) is 0 Å². The smallest absolute Gasteiger partial charge is 0.230 e. The zero-order valence-electron chi connectivity index (χ0n) is 14.0. The van der Waals surface area contributed by atoms with Crippen LogP contribution in [0.5, 0.6) is 0 Å². The number of carbonyl (C=O) groups excluding carboxylic acids is 1. The molecule has 4 unspecified atom stereocenters. The summed E-state index contributed by atoms with van der Waals surface area (Å²) >= 11 is 1.45. The molecule has 0 saturated heterocycles. The Morgan fingerprint density at radius 3 is 2.96 bits per heavy atom. The number of rotatable bonds is 7. The lowest BCUT2D eigenvalue weighted by molar-refractivity contribution is -0.119. The van der Waals surface area contributed by atoms with Crippen LogP contribution in [0.4, 0.5) is 0 Å². The first-order chi connectivity index (χ1) is 11.1. The molecule has 0 radical (unpaired) electrons. The lowest BCUT2D eigenvalue weighted by Crippen LogP contribution is -2.40. The van der Waals surface area contributed by atoms with Crippen molar-refractivity contribution in [2.75, 3.05) is 5.75 Å². The summed E-state index contributed by atoms with van der Waals surface area (Å²) < 4.78 is 1.98. The molecule has 2 saturated carbocycles. The van der Waals surface area contributed by atoms with Crippen LogP contribution in [0, 0.1) is 24.7 Å². The first-order valence-corrected chi connectivity index (χ1v) is 9.50. The predicted octanol–water partition coefficient (Wildman–Crippen LogP) is 2.81. The molecule has 2 aliphatic rings. The maximum absolute atomic E-state index is 12.3. The monoisotopic (exact) mass is 334 g/mol. The number of nitrogens with zero attached hydrogens (tertiary/aromatic N) is 3. The molecule has 6 heteroatoms. The van der Waals surface area contributed by atoms with E-state index in [1.165, 1.54) is 37.4 Å². The second kappa shape index (κ2) is 7.07. The third-order valence-corrected chi connectivity index (χ3v) is 6.34. The Balaban J connectivity index is 1.49. The van der Waals surface area contributed by atoms with Crippen LogP contribution in [0.3, 0.4) is 0 Å².